The van der Waals surface area contributed by atoms with Gasteiger partial charge >= 0.3 is 6.18 Å². The molecule has 0 aliphatic rings. The fourth-order valence-corrected chi connectivity index (χ4v) is 2.66. The zero-order valence-electron chi connectivity index (χ0n) is 10.1. The molecule has 1 heterocycles. The Bertz CT molecular complexity index is 617. The van der Waals surface area contributed by atoms with Gasteiger partial charge in [0.2, 0.25) is 0 Å². The van der Waals surface area contributed by atoms with E-state index in [4.69, 9.17) is 17.3 Å². The lowest BCUT2D eigenvalue weighted by atomic mass is 10.2. The summed E-state index contributed by atoms with van der Waals surface area (Å²) < 4.78 is 37.4. The molecule has 0 aliphatic carbocycles. The minimum Gasteiger partial charge on any atom is -0.399 e. The lowest BCUT2D eigenvalue weighted by Crippen LogP contribution is -2.05. The molecule has 0 radical (unpaired) electrons. The highest BCUT2D eigenvalue weighted by Gasteiger charge is 2.31. The highest BCUT2D eigenvalue weighted by molar-refractivity contribution is 7.98. The first-order chi connectivity index (χ1) is 9.36. The van der Waals surface area contributed by atoms with E-state index in [2.05, 4.69) is 4.98 Å². The Morgan fingerprint density at radius 1 is 1.25 bits per heavy atom. The molecule has 0 bridgehead atoms. The number of hydrogen-bond donors (Lipinski definition) is 1. The lowest BCUT2D eigenvalue weighted by Gasteiger charge is -2.09. The molecule has 2 rings (SSSR count). The van der Waals surface area contributed by atoms with Gasteiger partial charge in [-0.2, -0.15) is 13.2 Å². The van der Waals surface area contributed by atoms with E-state index in [0.29, 0.717) is 16.5 Å². The molecule has 1 aromatic heterocycles. The Morgan fingerprint density at radius 3 is 2.60 bits per heavy atom. The van der Waals surface area contributed by atoms with Gasteiger partial charge in [0.05, 0.1) is 10.6 Å². The normalized spacial score (nSPS) is 11.6. The average molecular weight is 319 g/mol. The van der Waals surface area contributed by atoms with Crippen LogP contribution in [0, 0.1) is 0 Å². The van der Waals surface area contributed by atoms with Crippen molar-refractivity contribution in [3.05, 3.63) is 52.7 Å². The molecule has 2 nitrogen and oxygen atoms in total. The molecule has 0 fully saturated rings. The van der Waals surface area contributed by atoms with Crippen LogP contribution in [-0.4, -0.2) is 4.98 Å². The second-order valence-electron chi connectivity index (χ2n) is 4.04. The smallest absolute Gasteiger partial charge is 0.399 e. The summed E-state index contributed by atoms with van der Waals surface area (Å²) in [5, 5.41) is 0.357. The van der Waals surface area contributed by atoms with Gasteiger partial charge in [-0.1, -0.05) is 23.7 Å². The molecule has 2 N–H and O–H groups in total. The molecular formula is C13H10ClF3N2S. The maximum atomic E-state index is 12.5. The maximum Gasteiger partial charge on any atom is 0.417 e. The van der Waals surface area contributed by atoms with E-state index in [1.165, 1.54) is 11.8 Å². The number of thioether (sulfide) groups is 1. The molecular weight excluding hydrogens is 309 g/mol. The van der Waals surface area contributed by atoms with Crippen molar-refractivity contribution in [1.29, 1.82) is 0 Å². The van der Waals surface area contributed by atoms with Crippen molar-refractivity contribution in [3.8, 4) is 0 Å². The zero-order valence-corrected chi connectivity index (χ0v) is 11.7. The number of nitrogen functional groups attached to an aromatic ring is 1. The third kappa shape index (κ3) is 3.80. The summed E-state index contributed by atoms with van der Waals surface area (Å²) in [6.45, 7) is 0. The van der Waals surface area contributed by atoms with Crippen LogP contribution < -0.4 is 5.73 Å². The van der Waals surface area contributed by atoms with Crippen LogP contribution in [0.2, 0.25) is 5.02 Å². The summed E-state index contributed by atoms with van der Waals surface area (Å²) in [7, 11) is 0. The highest BCUT2D eigenvalue weighted by atomic mass is 35.5. The zero-order chi connectivity index (χ0) is 14.8. The van der Waals surface area contributed by atoms with Gasteiger partial charge in [0, 0.05) is 17.6 Å². The van der Waals surface area contributed by atoms with Crippen molar-refractivity contribution in [3.63, 3.8) is 0 Å². The summed E-state index contributed by atoms with van der Waals surface area (Å²) >= 11 is 7.09. The van der Waals surface area contributed by atoms with Crippen molar-refractivity contribution in [2.45, 2.75) is 17.0 Å². The van der Waals surface area contributed by atoms with Gasteiger partial charge in [-0.15, -0.1) is 11.8 Å². The van der Waals surface area contributed by atoms with Crippen LogP contribution in [0.1, 0.15) is 11.1 Å². The molecule has 2 aromatic rings. The van der Waals surface area contributed by atoms with E-state index in [1.807, 2.05) is 12.1 Å². The Morgan fingerprint density at radius 2 is 2.00 bits per heavy atom. The Hall–Kier alpha value is -1.40. The van der Waals surface area contributed by atoms with Crippen molar-refractivity contribution in [1.82, 2.24) is 4.98 Å². The number of anilines is 1. The Labute approximate surface area is 123 Å². The number of aromatic nitrogens is 1. The second-order valence-corrected chi connectivity index (χ2v) is 5.41. The van der Waals surface area contributed by atoms with Crippen molar-refractivity contribution < 1.29 is 13.2 Å². The van der Waals surface area contributed by atoms with Crippen LogP contribution in [-0.2, 0) is 11.9 Å². The molecule has 1 aromatic carbocycles. The number of hydrogen-bond acceptors (Lipinski definition) is 3. The number of halogens is 4. The first-order valence-electron chi connectivity index (χ1n) is 5.56. The molecule has 0 saturated heterocycles. The van der Waals surface area contributed by atoms with Crippen LogP contribution in [0.5, 0.6) is 0 Å². The van der Waals surface area contributed by atoms with Crippen LogP contribution in [0.15, 0.2) is 41.6 Å². The highest BCUT2D eigenvalue weighted by Crippen LogP contribution is 2.34. The average Bonchev–Trinajstić information content (AvgIpc) is 2.36. The molecule has 0 saturated carbocycles. The summed E-state index contributed by atoms with van der Waals surface area (Å²) in [4.78, 5) is 3.76. The topological polar surface area (TPSA) is 38.9 Å². The fourth-order valence-electron chi connectivity index (χ4n) is 1.52. The monoisotopic (exact) mass is 318 g/mol. The van der Waals surface area contributed by atoms with Gasteiger partial charge < -0.3 is 5.73 Å². The third-order valence-corrected chi connectivity index (χ3v) is 3.94. The van der Waals surface area contributed by atoms with E-state index in [9.17, 15) is 13.2 Å². The van der Waals surface area contributed by atoms with E-state index in [1.54, 1.807) is 12.1 Å². The summed E-state index contributed by atoms with van der Waals surface area (Å²) in [6, 6.07) is 8.13. The first-order valence-corrected chi connectivity index (χ1v) is 6.92. The van der Waals surface area contributed by atoms with E-state index in [0.717, 1.165) is 17.8 Å². The molecule has 0 aliphatic heterocycles. The number of benzene rings is 1. The summed E-state index contributed by atoms with van der Waals surface area (Å²) in [5.41, 5.74) is 6.38. The maximum absolute atomic E-state index is 12.5. The summed E-state index contributed by atoms with van der Waals surface area (Å²) in [5.74, 6) is 0.531. The van der Waals surface area contributed by atoms with Gasteiger partial charge in [0.25, 0.3) is 0 Å². The minimum absolute atomic E-state index is 0.00581. The molecule has 0 atom stereocenters. The Balaban J connectivity index is 2.11. The van der Waals surface area contributed by atoms with Crippen molar-refractivity contribution >= 4 is 29.1 Å². The molecule has 0 spiro atoms. The van der Waals surface area contributed by atoms with Crippen molar-refractivity contribution in [2.75, 3.05) is 5.73 Å². The second kappa shape index (κ2) is 5.93. The minimum atomic E-state index is -4.44. The molecule has 7 heteroatoms. The summed E-state index contributed by atoms with van der Waals surface area (Å²) in [6.07, 6.45) is -3.65. The van der Waals surface area contributed by atoms with Crippen LogP contribution in [0.3, 0.4) is 0 Å². The van der Waals surface area contributed by atoms with Gasteiger partial charge in [0.1, 0.15) is 5.03 Å². The van der Waals surface area contributed by atoms with Crippen molar-refractivity contribution in [2.24, 2.45) is 0 Å². The van der Waals surface area contributed by atoms with Gasteiger partial charge in [-0.05, 0) is 23.8 Å². The van der Waals surface area contributed by atoms with E-state index in [-0.39, 0.29) is 5.02 Å². The molecule has 0 amide bonds. The first kappa shape index (κ1) is 15.0. The van der Waals surface area contributed by atoms with Gasteiger partial charge in [-0.3, -0.25) is 0 Å². The number of nitrogens with two attached hydrogens (primary N) is 1. The standard InChI is InChI=1S/C13H10ClF3N2S/c14-11-5-9(13(15,16)17)6-19-12(11)20-7-8-2-1-3-10(18)4-8/h1-6H,7,18H2. The molecule has 106 valence electrons. The quantitative estimate of drug-likeness (QED) is 0.662. The lowest BCUT2D eigenvalue weighted by molar-refractivity contribution is -0.137. The predicted octanol–water partition coefficient (Wildman–Crippen LogP) is 4.63. The SMILES string of the molecule is Nc1cccc(CSc2ncc(C(F)(F)F)cc2Cl)c1. The van der Waals surface area contributed by atoms with E-state index >= 15 is 0 Å². The van der Waals surface area contributed by atoms with Crippen LogP contribution >= 0.6 is 23.4 Å². The largest absolute Gasteiger partial charge is 0.417 e. The van der Waals surface area contributed by atoms with Gasteiger partial charge in [-0.25, -0.2) is 4.98 Å². The van der Waals surface area contributed by atoms with Crippen LogP contribution in [0.25, 0.3) is 0 Å². The predicted molar refractivity (Wildman–Crippen MR) is 74.7 cm³/mol. The fraction of sp³-hybridized carbons (Fsp3) is 0.154. The number of pyridine rings is 1. The number of alkyl halides is 3. The number of rotatable bonds is 3. The number of nitrogens with zero attached hydrogens (tertiary/aromatic N) is 1. The third-order valence-electron chi connectivity index (χ3n) is 2.46. The van der Waals surface area contributed by atoms with Crippen LogP contribution in [0.4, 0.5) is 18.9 Å². The van der Waals surface area contributed by atoms with E-state index < -0.39 is 11.7 Å². The Kier molecular flexibility index (Phi) is 4.45. The molecule has 20 heavy (non-hydrogen) atoms. The molecule has 0 unspecified atom stereocenters. The van der Waals surface area contributed by atoms with Gasteiger partial charge in [0.15, 0.2) is 0 Å².